The standard InChI is InChI=1S/C22H20ClNO/c1-2-17-8-11-21(12-9-17)24-15-19-14-20(23)10-13-22(19)25-16-18-6-4-3-5-7-18/h3-15H,2,16H2,1H3. The Morgan fingerprint density at radius 3 is 2.40 bits per heavy atom. The molecule has 0 spiro atoms. The summed E-state index contributed by atoms with van der Waals surface area (Å²) < 4.78 is 5.95. The van der Waals surface area contributed by atoms with Gasteiger partial charge >= 0.3 is 0 Å². The maximum atomic E-state index is 6.14. The Hall–Kier alpha value is -2.58. The van der Waals surface area contributed by atoms with Crippen LogP contribution in [-0.2, 0) is 13.0 Å². The minimum Gasteiger partial charge on any atom is -0.488 e. The summed E-state index contributed by atoms with van der Waals surface area (Å²) in [6.45, 7) is 2.65. The Labute approximate surface area is 153 Å². The molecular weight excluding hydrogens is 330 g/mol. The molecule has 0 saturated heterocycles. The van der Waals surface area contributed by atoms with Gasteiger partial charge in [0.05, 0.1) is 5.69 Å². The van der Waals surface area contributed by atoms with E-state index in [2.05, 4.69) is 24.0 Å². The fourth-order valence-corrected chi connectivity index (χ4v) is 2.63. The van der Waals surface area contributed by atoms with Crippen LogP contribution in [0.3, 0.4) is 0 Å². The Bertz CT molecular complexity index is 842. The average Bonchev–Trinajstić information content (AvgIpc) is 2.67. The number of benzene rings is 3. The van der Waals surface area contributed by atoms with Crippen molar-refractivity contribution in [2.24, 2.45) is 4.99 Å². The van der Waals surface area contributed by atoms with Crippen LogP contribution < -0.4 is 4.74 Å². The van der Waals surface area contributed by atoms with E-state index < -0.39 is 0 Å². The van der Waals surface area contributed by atoms with Gasteiger partial charge in [-0.3, -0.25) is 4.99 Å². The first-order valence-corrected chi connectivity index (χ1v) is 8.71. The van der Waals surface area contributed by atoms with Gasteiger partial charge < -0.3 is 4.74 Å². The summed E-state index contributed by atoms with van der Waals surface area (Å²) in [4.78, 5) is 4.55. The molecule has 0 aliphatic rings. The lowest BCUT2D eigenvalue weighted by molar-refractivity contribution is 0.306. The Morgan fingerprint density at radius 2 is 1.68 bits per heavy atom. The molecule has 0 N–H and O–H groups in total. The van der Waals surface area contributed by atoms with E-state index in [0.717, 1.165) is 29.0 Å². The molecule has 0 bridgehead atoms. The first kappa shape index (κ1) is 17.2. The van der Waals surface area contributed by atoms with Gasteiger partial charge in [-0.15, -0.1) is 0 Å². The van der Waals surface area contributed by atoms with Crippen molar-refractivity contribution < 1.29 is 4.74 Å². The number of ether oxygens (including phenoxy) is 1. The number of hydrogen-bond donors (Lipinski definition) is 0. The van der Waals surface area contributed by atoms with Crippen molar-refractivity contribution in [3.63, 3.8) is 0 Å². The third-order valence-electron chi connectivity index (χ3n) is 3.91. The van der Waals surface area contributed by atoms with Crippen LogP contribution in [-0.4, -0.2) is 6.21 Å². The van der Waals surface area contributed by atoms with Gasteiger partial charge in [-0.25, -0.2) is 0 Å². The lowest BCUT2D eigenvalue weighted by Crippen LogP contribution is -1.98. The van der Waals surface area contributed by atoms with Gasteiger partial charge in [-0.1, -0.05) is 61.0 Å². The molecule has 0 amide bonds. The van der Waals surface area contributed by atoms with Gasteiger partial charge in [-0.2, -0.15) is 0 Å². The maximum Gasteiger partial charge on any atom is 0.128 e. The molecule has 126 valence electrons. The molecule has 3 heteroatoms. The largest absolute Gasteiger partial charge is 0.488 e. The lowest BCUT2D eigenvalue weighted by Gasteiger charge is -2.09. The van der Waals surface area contributed by atoms with E-state index in [9.17, 15) is 0 Å². The van der Waals surface area contributed by atoms with Crippen molar-refractivity contribution >= 4 is 23.5 Å². The van der Waals surface area contributed by atoms with E-state index >= 15 is 0 Å². The second kappa shape index (κ2) is 8.50. The molecule has 0 aliphatic carbocycles. The Balaban J connectivity index is 1.77. The van der Waals surface area contributed by atoms with Crippen LogP contribution >= 0.6 is 11.6 Å². The van der Waals surface area contributed by atoms with E-state index in [0.29, 0.717) is 11.6 Å². The molecule has 0 unspecified atom stereocenters. The molecule has 0 aliphatic heterocycles. The van der Waals surface area contributed by atoms with Gasteiger partial charge in [0.25, 0.3) is 0 Å². The monoisotopic (exact) mass is 349 g/mol. The van der Waals surface area contributed by atoms with Crippen molar-refractivity contribution in [1.82, 2.24) is 0 Å². The van der Waals surface area contributed by atoms with Crippen molar-refractivity contribution in [2.75, 3.05) is 0 Å². The fourth-order valence-electron chi connectivity index (χ4n) is 2.45. The molecule has 0 atom stereocenters. The summed E-state index contributed by atoms with van der Waals surface area (Å²) in [7, 11) is 0. The van der Waals surface area contributed by atoms with Crippen LogP contribution in [0.15, 0.2) is 77.8 Å². The summed E-state index contributed by atoms with van der Waals surface area (Å²) in [5.74, 6) is 0.766. The smallest absolute Gasteiger partial charge is 0.128 e. The summed E-state index contributed by atoms with van der Waals surface area (Å²) in [5.41, 5.74) is 4.19. The zero-order valence-corrected chi connectivity index (χ0v) is 14.9. The van der Waals surface area contributed by atoms with Crippen molar-refractivity contribution in [2.45, 2.75) is 20.0 Å². The van der Waals surface area contributed by atoms with Crippen molar-refractivity contribution in [1.29, 1.82) is 0 Å². The van der Waals surface area contributed by atoms with Gasteiger partial charge in [-0.05, 0) is 47.9 Å². The predicted octanol–water partition coefficient (Wildman–Crippen LogP) is 6.23. The van der Waals surface area contributed by atoms with Gasteiger partial charge in [0.2, 0.25) is 0 Å². The first-order valence-electron chi connectivity index (χ1n) is 8.34. The number of aryl methyl sites for hydroxylation is 1. The minimum absolute atomic E-state index is 0.508. The predicted molar refractivity (Wildman–Crippen MR) is 105 cm³/mol. The molecule has 3 aromatic rings. The zero-order chi connectivity index (χ0) is 17.5. The van der Waals surface area contributed by atoms with Crippen LogP contribution in [0.4, 0.5) is 5.69 Å². The van der Waals surface area contributed by atoms with Crippen molar-refractivity contribution in [3.8, 4) is 5.75 Å². The van der Waals surface area contributed by atoms with E-state index in [4.69, 9.17) is 16.3 Å². The molecule has 0 fully saturated rings. The molecule has 0 aromatic heterocycles. The highest BCUT2D eigenvalue weighted by Gasteiger charge is 2.04. The minimum atomic E-state index is 0.508. The van der Waals surface area contributed by atoms with Gasteiger partial charge in [0.15, 0.2) is 0 Å². The molecule has 25 heavy (non-hydrogen) atoms. The Kier molecular flexibility index (Phi) is 5.86. The third kappa shape index (κ3) is 4.94. The first-order chi connectivity index (χ1) is 12.2. The number of aliphatic imine (C=N–C) groups is 1. The highest BCUT2D eigenvalue weighted by atomic mass is 35.5. The summed E-state index contributed by atoms with van der Waals surface area (Å²) in [6, 6.07) is 23.9. The topological polar surface area (TPSA) is 21.6 Å². The summed E-state index contributed by atoms with van der Waals surface area (Å²) in [6.07, 6.45) is 2.82. The number of rotatable bonds is 6. The molecule has 0 heterocycles. The van der Waals surface area contributed by atoms with E-state index in [-0.39, 0.29) is 0 Å². The molecule has 3 rings (SSSR count). The van der Waals surface area contributed by atoms with Gasteiger partial charge in [0, 0.05) is 16.8 Å². The van der Waals surface area contributed by atoms with E-state index in [1.807, 2.05) is 60.7 Å². The van der Waals surface area contributed by atoms with Crippen LogP contribution in [0.2, 0.25) is 5.02 Å². The normalized spacial score (nSPS) is 11.0. The highest BCUT2D eigenvalue weighted by Crippen LogP contribution is 2.23. The van der Waals surface area contributed by atoms with Crippen LogP contribution in [0.1, 0.15) is 23.6 Å². The summed E-state index contributed by atoms with van der Waals surface area (Å²) in [5, 5.41) is 0.662. The highest BCUT2D eigenvalue weighted by molar-refractivity contribution is 6.30. The second-order valence-corrected chi connectivity index (χ2v) is 6.17. The van der Waals surface area contributed by atoms with Gasteiger partial charge in [0.1, 0.15) is 12.4 Å². The quantitative estimate of drug-likeness (QED) is 0.483. The number of halogens is 1. The second-order valence-electron chi connectivity index (χ2n) is 5.73. The molecule has 0 saturated carbocycles. The maximum absolute atomic E-state index is 6.14. The lowest BCUT2D eigenvalue weighted by atomic mass is 10.1. The molecule has 3 aromatic carbocycles. The molecule has 2 nitrogen and oxygen atoms in total. The Morgan fingerprint density at radius 1 is 0.920 bits per heavy atom. The zero-order valence-electron chi connectivity index (χ0n) is 14.2. The number of nitrogens with zero attached hydrogens (tertiary/aromatic N) is 1. The van der Waals surface area contributed by atoms with E-state index in [1.54, 1.807) is 6.21 Å². The molecule has 0 radical (unpaired) electrons. The number of hydrogen-bond acceptors (Lipinski definition) is 2. The van der Waals surface area contributed by atoms with Crippen LogP contribution in [0.25, 0.3) is 0 Å². The molecular formula is C22H20ClNO. The summed E-state index contributed by atoms with van der Waals surface area (Å²) >= 11 is 6.14. The average molecular weight is 350 g/mol. The third-order valence-corrected chi connectivity index (χ3v) is 4.14. The SMILES string of the molecule is CCc1ccc(N=Cc2cc(Cl)ccc2OCc2ccccc2)cc1. The van der Waals surface area contributed by atoms with Crippen LogP contribution in [0, 0.1) is 0 Å². The van der Waals surface area contributed by atoms with Crippen LogP contribution in [0.5, 0.6) is 5.75 Å². The fraction of sp³-hybridized carbons (Fsp3) is 0.136. The van der Waals surface area contributed by atoms with Crippen molar-refractivity contribution in [3.05, 3.63) is 94.5 Å². The van der Waals surface area contributed by atoms with E-state index in [1.165, 1.54) is 5.56 Å².